The van der Waals surface area contributed by atoms with E-state index in [2.05, 4.69) is 20.0 Å². The zero-order chi connectivity index (χ0) is 15.1. The Balaban J connectivity index is 1.77. The number of hydrogen-bond donors (Lipinski definition) is 2. The molecule has 1 heterocycles. The molecule has 0 aliphatic heterocycles. The number of ether oxygens (including phenoxy) is 1. The van der Waals surface area contributed by atoms with Gasteiger partial charge in [0.25, 0.3) is 0 Å². The van der Waals surface area contributed by atoms with Crippen LogP contribution in [0.3, 0.4) is 0 Å². The fourth-order valence-electron chi connectivity index (χ4n) is 1.91. The predicted octanol–water partition coefficient (Wildman–Crippen LogP) is 3.03. The lowest BCUT2D eigenvalue weighted by Gasteiger charge is -2.13. The van der Waals surface area contributed by atoms with Crippen molar-refractivity contribution in [2.75, 3.05) is 6.54 Å². The molecule has 0 saturated carbocycles. The highest BCUT2D eigenvalue weighted by Crippen LogP contribution is 2.25. The molecule has 2 rings (SSSR count). The summed E-state index contributed by atoms with van der Waals surface area (Å²) in [6.45, 7) is 1.01. The van der Waals surface area contributed by atoms with Crippen LogP contribution in [0.1, 0.15) is 17.8 Å². The molecule has 0 unspecified atom stereocenters. The second-order valence-electron chi connectivity index (χ2n) is 4.47. The highest BCUT2D eigenvalue weighted by Gasteiger charge is 2.31. The van der Waals surface area contributed by atoms with Crippen molar-refractivity contribution in [2.45, 2.75) is 25.7 Å². The molecule has 21 heavy (non-hydrogen) atoms. The number of H-pyrrole nitrogens is 1. The first-order chi connectivity index (χ1) is 10.0. The van der Waals surface area contributed by atoms with Gasteiger partial charge in [0, 0.05) is 30.9 Å². The minimum atomic E-state index is -4.67. The standard InChI is InChI=1S/C14H16F3N3O/c15-14(16,17)21-12-5-2-1-4-11(12)10-18-7-3-6-13-19-8-9-20-13/h1-2,4-5,8-9,18H,3,6-7,10H2,(H,19,20). The van der Waals surface area contributed by atoms with E-state index in [0.717, 1.165) is 18.7 Å². The first-order valence-electron chi connectivity index (χ1n) is 6.57. The lowest BCUT2D eigenvalue weighted by molar-refractivity contribution is -0.274. The maximum atomic E-state index is 12.3. The Labute approximate surface area is 120 Å². The monoisotopic (exact) mass is 299 g/mol. The molecule has 0 saturated heterocycles. The number of halogens is 3. The summed E-state index contributed by atoms with van der Waals surface area (Å²) in [5.41, 5.74) is 0.479. The Kier molecular flexibility index (Phi) is 5.21. The Morgan fingerprint density at radius 3 is 2.76 bits per heavy atom. The van der Waals surface area contributed by atoms with Crippen molar-refractivity contribution in [3.63, 3.8) is 0 Å². The van der Waals surface area contributed by atoms with Gasteiger partial charge in [-0.25, -0.2) is 4.98 Å². The zero-order valence-corrected chi connectivity index (χ0v) is 11.3. The Hall–Kier alpha value is -2.02. The molecule has 2 N–H and O–H groups in total. The van der Waals surface area contributed by atoms with Crippen LogP contribution in [0.2, 0.25) is 0 Å². The summed E-state index contributed by atoms with van der Waals surface area (Å²) in [4.78, 5) is 7.09. The van der Waals surface area contributed by atoms with E-state index in [1.165, 1.54) is 12.1 Å². The molecule has 114 valence electrons. The van der Waals surface area contributed by atoms with Gasteiger partial charge in [0.05, 0.1) is 0 Å². The molecule has 2 aromatic rings. The number of aryl methyl sites for hydroxylation is 1. The third-order valence-corrected chi connectivity index (χ3v) is 2.84. The summed E-state index contributed by atoms with van der Waals surface area (Å²) in [5, 5.41) is 3.10. The number of aromatic amines is 1. The van der Waals surface area contributed by atoms with E-state index in [1.54, 1.807) is 24.5 Å². The molecule has 1 aromatic heterocycles. The largest absolute Gasteiger partial charge is 0.573 e. The van der Waals surface area contributed by atoms with Crippen LogP contribution in [-0.4, -0.2) is 22.9 Å². The molecule has 1 aromatic carbocycles. The summed E-state index contributed by atoms with van der Waals surface area (Å²) in [7, 11) is 0. The zero-order valence-electron chi connectivity index (χ0n) is 11.3. The van der Waals surface area contributed by atoms with Crippen LogP contribution in [0.15, 0.2) is 36.7 Å². The van der Waals surface area contributed by atoms with E-state index in [9.17, 15) is 13.2 Å². The maximum absolute atomic E-state index is 12.3. The van der Waals surface area contributed by atoms with Crippen LogP contribution < -0.4 is 10.1 Å². The number of imidazole rings is 1. The number of rotatable bonds is 7. The molecule has 0 bridgehead atoms. The van der Waals surface area contributed by atoms with Gasteiger partial charge >= 0.3 is 6.36 Å². The van der Waals surface area contributed by atoms with E-state index in [4.69, 9.17) is 0 Å². The van der Waals surface area contributed by atoms with E-state index in [0.29, 0.717) is 18.7 Å². The smallest absolute Gasteiger partial charge is 0.405 e. The van der Waals surface area contributed by atoms with Crippen molar-refractivity contribution in [3.05, 3.63) is 48.0 Å². The van der Waals surface area contributed by atoms with Gasteiger partial charge in [-0.2, -0.15) is 0 Å². The second kappa shape index (κ2) is 7.12. The number of alkyl halides is 3. The fraction of sp³-hybridized carbons (Fsp3) is 0.357. The SMILES string of the molecule is FC(F)(F)Oc1ccccc1CNCCCc1ncc[nH]1. The number of nitrogens with zero attached hydrogens (tertiary/aromatic N) is 1. The van der Waals surface area contributed by atoms with Crippen molar-refractivity contribution in [1.29, 1.82) is 0 Å². The predicted molar refractivity (Wildman–Crippen MR) is 71.7 cm³/mol. The quantitative estimate of drug-likeness (QED) is 0.773. The van der Waals surface area contributed by atoms with E-state index >= 15 is 0 Å². The first-order valence-corrected chi connectivity index (χ1v) is 6.57. The Bertz CT molecular complexity index is 541. The third-order valence-electron chi connectivity index (χ3n) is 2.84. The van der Waals surface area contributed by atoms with Crippen LogP contribution in [0.5, 0.6) is 5.75 Å². The molecular weight excluding hydrogens is 283 g/mol. The van der Waals surface area contributed by atoms with Gasteiger partial charge in [-0.15, -0.1) is 13.2 Å². The third kappa shape index (κ3) is 5.47. The van der Waals surface area contributed by atoms with Gasteiger partial charge in [-0.1, -0.05) is 18.2 Å². The molecule has 0 atom stereocenters. The second-order valence-corrected chi connectivity index (χ2v) is 4.47. The van der Waals surface area contributed by atoms with Crippen LogP contribution in [-0.2, 0) is 13.0 Å². The van der Waals surface area contributed by atoms with Crippen LogP contribution in [0.25, 0.3) is 0 Å². The summed E-state index contributed by atoms with van der Waals surface area (Å²) in [5.74, 6) is 0.737. The Morgan fingerprint density at radius 1 is 1.24 bits per heavy atom. The molecule has 0 amide bonds. The van der Waals surface area contributed by atoms with Crippen molar-refractivity contribution in [3.8, 4) is 5.75 Å². The molecule has 0 aliphatic carbocycles. The van der Waals surface area contributed by atoms with Gasteiger partial charge in [0.15, 0.2) is 0 Å². The van der Waals surface area contributed by atoms with Crippen molar-refractivity contribution < 1.29 is 17.9 Å². The molecule has 0 radical (unpaired) electrons. The number of para-hydroxylation sites is 1. The summed E-state index contributed by atoms with van der Waals surface area (Å²) in [6.07, 6.45) is 0.410. The van der Waals surface area contributed by atoms with Crippen molar-refractivity contribution >= 4 is 0 Å². The lowest BCUT2D eigenvalue weighted by atomic mass is 10.2. The molecule has 7 heteroatoms. The van der Waals surface area contributed by atoms with Gasteiger partial charge in [-0.05, 0) is 19.0 Å². The maximum Gasteiger partial charge on any atom is 0.573 e. The van der Waals surface area contributed by atoms with Gasteiger partial charge in [0.2, 0.25) is 0 Å². The van der Waals surface area contributed by atoms with Gasteiger partial charge in [-0.3, -0.25) is 0 Å². The van der Waals surface area contributed by atoms with Crippen molar-refractivity contribution in [1.82, 2.24) is 15.3 Å². The molecule has 0 fully saturated rings. The Morgan fingerprint density at radius 2 is 2.05 bits per heavy atom. The molecule has 0 spiro atoms. The molecule has 0 aliphatic rings. The van der Waals surface area contributed by atoms with E-state index < -0.39 is 6.36 Å². The summed E-state index contributed by atoms with van der Waals surface area (Å²) >= 11 is 0. The van der Waals surface area contributed by atoms with Crippen molar-refractivity contribution in [2.24, 2.45) is 0 Å². The lowest BCUT2D eigenvalue weighted by Crippen LogP contribution is -2.20. The minimum Gasteiger partial charge on any atom is -0.405 e. The first kappa shape index (κ1) is 15.4. The minimum absolute atomic E-state index is 0.163. The average molecular weight is 299 g/mol. The normalized spacial score (nSPS) is 11.6. The van der Waals surface area contributed by atoms with Crippen LogP contribution >= 0.6 is 0 Å². The molecule has 4 nitrogen and oxygen atoms in total. The van der Waals surface area contributed by atoms with Crippen LogP contribution in [0, 0.1) is 0 Å². The molecular formula is C14H16F3N3O. The number of nitrogens with one attached hydrogen (secondary N) is 2. The number of aromatic nitrogens is 2. The fourth-order valence-corrected chi connectivity index (χ4v) is 1.91. The average Bonchev–Trinajstić information content (AvgIpc) is 2.91. The van der Waals surface area contributed by atoms with E-state index in [-0.39, 0.29) is 5.75 Å². The highest BCUT2D eigenvalue weighted by atomic mass is 19.4. The number of hydrogen-bond acceptors (Lipinski definition) is 3. The summed E-state index contributed by atoms with van der Waals surface area (Å²) < 4.78 is 40.8. The van der Waals surface area contributed by atoms with Gasteiger partial charge < -0.3 is 15.0 Å². The van der Waals surface area contributed by atoms with E-state index in [1.807, 2.05) is 0 Å². The topological polar surface area (TPSA) is 49.9 Å². The summed E-state index contributed by atoms with van der Waals surface area (Å²) in [6, 6.07) is 6.12. The van der Waals surface area contributed by atoms with Gasteiger partial charge in [0.1, 0.15) is 11.6 Å². The highest BCUT2D eigenvalue weighted by molar-refractivity contribution is 5.33. The van der Waals surface area contributed by atoms with Crippen LogP contribution in [0.4, 0.5) is 13.2 Å². The number of benzene rings is 1.